The Balaban J connectivity index is 1.41. The minimum absolute atomic E-state index is 0.00767. The van der Waals surface area contributed by atoms with Crippen LogP contribution in [0.4, 0.5) is 11.4 Å². The van der Waals surface area contributed by atoms with Gasteiger partial charge in [-0.25, -0.2) is 0 Å². The third-order valence-electron chi connectivity index (χ3n) is 5.15. The van der Waals surface area contributed by atoms with Gasteiger partial charge < -0.3 is 20.4 Å². The number of anilines is 2. The Morgan fingerprint density at radius 1 is 1.08 bits per heavy atom. The van der Waals surface area contributed by atoms with Gasteiger partial charge in [0.2, 0.25) is 11.8 Å². The Morgan fingerprint density at radius 3 is 2.38 bits per heavy atom. The summed E-state index contributed by atoms with van der Waals surface area (Å²) in [6.45, 7) is 3.83. The smallest absolute Gasteiger partial charge is 0.228 e. The van der Waals surface area contributed by atoms with Crippen molar-refractivity contribution in [3.63, 3.8) is 0 Å². The number of nitrogens with zero attached hydrogens (tertiary/aromatic N) is 2. The van der Waals surface area contributed by atoms with Crippen molar-refractivity contribution in [2.75, 3.05) is 50.5 Å². The Bertz CT molecular complexity index is 623. The third kappa shape index (κ3) is 4.97. The molecule has 2 aliphatic rings. The number of hydrogen-bond donors (Lipinski definition) is 2. The summed E-state index contributed by atoms with van der Waals surface area (Å²) in [5.74, 6) is -0.402. The van der Waals surface area contributed by atoms with Crippen LogP contribution in [0.3, 0.4) is 0 Å². The number of amides is 2. The number of rotatable bonds is 8. The van der Waals surface area contributed by atoms with Crippen molar-refractivity contribution in [1.82, 2.24) is 10.2 Å². The molecule has 3 rings (SSSR count). The average molecular weight is 358 g/mol. The van der Waals surface area contributed by atoms with E-state index < -0.39 is 0 Å². The van der Waals surface area contributed by atoms with E-state index >= 15 is 0 Å². The van der Waals surface area contributed by atoms with Crippen LogP contribution in [0.2, 0.25) is 0 Å². The van der Waals surface area contributed by atoms with Gasteiger partial charge in [0.25, 0.3) is 0 Å². The fourth-order valence-electron chi connectivity index (χ4n) is 3.48. The van der Waals surface area contributed by atoms with E-state index in [1.165, 1.54) is 18.5 Å². The summed E-state index contributed by atoms with van der Waals surface area (Å²) < 4.78 is 0. The summed E-state index contributed by atoms with van der Waals surface area (Å²) in [6, 6.07) is 8.01. The van der Waals surface area contributed by atoms with Crippen LogP contribution in [0, 0.1) is 11.8 Å². The van der Waals surface area contributed by atoms with E-state index in [1.807, 2.05) is 26.2 Å². The summed E-state index contributed by atoms with van der Waals surface area (Å²) in [4.78, 5) is 28.9. The van der Waals surface area contributed by atoms with Crippen LogP contribution in [0.5, 0.6) is 0 Å². The van der Waals surface area contributed by atoms with E-state index in [1.54, 1.807) is 0 Å². The molecule has 2 amide bonds. The minimum Gasteiger partial charge on any atom is -0.372 e. The van der Waals surface area contributed by atoms with E-state index in [9.17, 15) is 9.59 Å². The molecule has 1 saturated heterocycles. The predicted octanol–water partition coefficient (Wildman–Crippen LogP) is 1.93. The van der Waals surface area contributed by atoms with Crippen LogP contribution >= 0.6 is 0 Å². The van der Waals surface area contributed by atoms with Crippen LogP contribution < -0.4 is 15.5 Å². The number of hydrogen-bond acceptors (Lipinski definition) is 4. The van der Waals surface area contributed by atoms with Crippen molar-refractivity contribution in [1.29, 1.82) is 0 Å². The SMILES string of the molecule is CN(C)CCCNC(=O)C1CC1C(=O)Nc1ccc(N2CCCC2)cc1. The van der Waals surface area contributed by atoms with E-state index in [2.05, 4.69) is 32.6 Å². The molecule has 2 atom stereocenters. The van der Waals surface area contributed by atoms with Crippen molar-refractivity contribution in [3.05, 3.63) is 24.3 Å². The van der Waals surface area contributed by atoms with Crippen LogP contribution in [-0.2, 0) is 9.59 Å². The van der Waals surface area contributed by atoms with Crippen molar-refractivity contribution < 1.29 is 9.59 Å². The van der Waals surface area contributed by atoms with E-state index in [0.717, 1.165) is 31.7 Å². The number of nitrogens with one attached hydrogen (secondary N) is 2. The average Bonchev–Trinajstić information content (AvgIpc) is 3.25. The fraction of sp³-hybridized carbons (Fsp3) is 0.600. The first-order valence-electron chi connectivity index (χ1n) is 9.63. The molecule has 1 aromatic rings. The number of benzene rings is 1. The van der Waals surface area contributed by atoms with Crippen LogP contribution in [0.1, 0.15) is 25.7 Å². The molecule has 1 heterocycles. The lowest BCUT2D eigenvalue weighted by molar-refractivity contribution is -0.125. The summed E-state index contributed by atoms with van der Waals surface area (Å²) in [5.41, 5.74) is 2.01. The second-order valence-electron chi connectivity index (χ2n) is 7.63. The lowest BCUT2D eigenvalue weighted by atomic mass is 10.2. The third-order valence-corrected chi connectivity index (χ3v) is 5.15. The topological polar surface area (TPSA) is 64.7 Å². The lowest BCUT2D eigenvalue weighted by Gasteiger charge is -2.17. The maximum atomic E-state index is 12.3. The summed E-state index contributed by atoms with van der Waals surface area (Å²) in [5, 5.41) is 5.88. The zero-order chi connectivity index (χ0) is 18.5. The zero-order valence-corrected chi connectivity index (χ0v) is 15.8. The van der Waals surface area contributed by atoms with Crippen molar-refractivity contribution in [2.45, 2.75) is 25.7 Å². The largest absolute Gasteiger partial charge is 0.372 e. The summed E-state index contributed by atoms with van der Waals surface area (Å²) in [6.07, 6.45) is 4.07. The Morgan fingerprint density at radius 2 is 1.73 bits per heavy atom. The van der Waals surface area contributed by atoms with Crippen molar-refractivity contribution >= 4 is 23.2 Å². The van der Waals surface area contributed by atoms with Gasteiger partial charge in [-0.15, -0.1) is 0 Å². The maximum Gasteiger partial charge on any atom is 0.228 e. The van der Waals surface area contributed by atoms with Gasteiger partial charge >= 0.3 is 0 Å². The molecule has 2 fully saturated rings. The quantitative estimate of drug-likeness (QED) is 0.697. The van der Waals surface area contributed by atoms with E-state index in [0.29, 0.717) is 13.0 Å². The molecule has 1 aliphatic carbocycles. The van der Waals surface area contributed by atoms with Gasteiger partial charge in [0, 0.05) is 31.0 Å². The molecular formula is C20H30N4O2. The minimum atomic E-state index is -0.192. The van der Waals surface area contributed by atoms with Gasteiger partial charge in [-0.3, -0.25) is 9.59 Å². The Kier molecular flexibility index (Phi) is 6.14. The Labute approximate surface area is 155 Å². The highest BCUT2D eigenvalue weighted by Gasteiger charge is 2.47. The van der Waals surface area contributed by atoms with Gasteiger partial charge in [-0.05, 0) is 70.6 Å². The van der Waals surface area contributed by atoms with E-state index in [4.69, 9.17) is 0 Å². The molecule has 0 spiro atoms. The van der Waals surface area contributed by atoms with Gasteiger partial charge in [-0.1, -0.05) is 0 Å². The zero-order valence-electron chi connectivity index (χ0n) is 15.8. The summed E-state index contributed by atoms with van der Waals surface area (Å²) >= 11 is 0. The molecular weight excluding hydrogens is 328 g/mol. The molecule has 0 bridgehead atoms. The maximum absolute atomic E-state index is 12.3. The van der Waals surface area contributed by atoms with Gasteiger partial charge in [0.1, 0.15) is 0 Å². The molecule has 26 heavy (non-hydrogen) atoms. The van der Waals surface area contributed by atoms with Crippen LogP contribution in [-0.4, -0.2) is 57.0 Å². The fourth-order valence-corrected chi connectivity index (χ4v) is 3.48. The first-order chi connectivity index (χ1) is 12.5. The van der Waals surface area contributed by atoms with Crippen molar-refractivity contribution in [2.24, 2.45) is 11.8 Å². The lowest BCUT2D eigenvalue weighted by Crippen LogP contribution is -2.30. The van der Waals surface area contributed by atoms with Crippen LogP contribution in [0.15, 0.2) is 24.3 Å². The standard InChI is InChI=1S/C20H30N4O2/c1-23(2)11-5-10-21-19(25)17-14-18(17)20(26)22-15-6-8-16(9-7-15)24-12-3-4-13-24/h6-9,17-18H,3-5,10-14H2,1-2H3,(H,21,25)(H,22,26). The highest BCUT2D eigenvalue weighted by Crippen LogP contribution is 2.39. The van der Waals surface area contributed by atoms with Gasteiger partial charge in [0.15, 0.2) is 0 Å². The summed E-state index contributed by atoms with van der Waals surface area (Å²) in [7, 11) is 4.03. The van der Waals surface area contributed by atoms with Crippen molar-refractivity contribution in [3.8, 4) is 0 Å². The highest BCUT2D eigenvalue weighted by atomic mass is 16.2. The molecule has 2 N–H and O–H groups in total. The molecule has 0 radical (unpaired) electrons. The molecule has 6 nitrogen and oxygen atoms in total. The van der Waals surface area contributed by atoms with E-state index in [-0.39, 0.29) is 23.7 Å². The van der Waals surface area contributed by atoms with Gasteiger partial charge in [-0.2, -0.15) is 0 Å². The number of carbonyl (C=O) groups is 2. The Hall–Kier alpha value is -2.08. The van der Waals surface area contributed by atoms with Gasteiger partial charge in [0.05, 0.1) is 11.8 Å². The molecule has 1 aromatic carbocycles. The predicted molar refractivity (Wildman–Crippen MR) is 104 cm³/mol. The molecule has 1 saturated carbocycles. The monoisotopic (exact) mass is 358 g/mol. The second-order valence-corrected chi connectivity index (χ2v) is 7.63. The molecule has 2 unspecified atom stereocenters. The number of carbonyl (C=O) groups excluding carboxylic acids is 2. The molecule has 142 valence electrons. The molecule has 1 aliphatic heterocycles. The normalized spacial score (nSPS) is 21.7. The second kappa shape index (κ2) is 8.54. The first-order valence-corrected chi connectivity index (χ1v) is 9.63. The molecule has 0 aromatic heterocycles. The first kappa shape index (κ1) is 18.7. The highest BCUT2D eigenvalue weighted by molar-refractivity contribution is 5.99. The van der Waals surface area contributed by atoms with Crippen LogP contribution in [0.25, 0.3) is 0 Å². The molecule has 6 heteroatoms.